The van der Waals surface area contributed by atoms with Crippen molar-refractivity contribution in [3.8, 4) is 0 Å². The third-order valence-corrected chi connectivity index (χ3v) is 2.19. The van der Waals surface area contributed by atoms with Crippen molar-refractivity contribution in [2.45, 2.75) is 6.54 Å². The standard InChI is InChI=1S/C10H7FN2O5/c11-7-3-13(10(17)12-8(7)14)2-6-1-5(4-18-6)9(15)16/h1,3-4H,2H2,(H,15,16)(H,12,14,17). The van der Waals surface area contributed by atoms with E-state index >= 15 is 0 Å². The average Bonchev–Trinajstić information content (AvgIpc) is 2.74. The molecule has 18 heavy (non-hydrogen) atoms. The van der Waals surface area contributed by atoms with Crippen molar-refractivity contribution in [3.05, 3.63) is 56.5 Å². The normalized spacial score (nSPS) is 10.5. The van der Waals surface area contributed by atoms with Crippen LogP contribution < -0.4 is 11.2 Å². The van der Waals surface area contributed by atoms with Crippen molar-refractivity contribution in [1.82, 2.24) is 9.55 Å². The highest BCUT2D eigenvalue weighted by atomic mass is 19.1. The van der Waals surface area contributed by atoms with Crippen LogP contribution >= 0.6 is 0 Å². The van der Waals surface area contributed by atoms with E-state index in [9.17, 15) is 18.8 Å². The number of aromatic amines is 1. The number of nitrogens with zero attached hydrogens (tertiary/aromatic N) is 1. The summed E-state index contributed by atoms with van der Waals surface area (Å²) in [7, 11) is 0. The zero-order valence-corrected chi connectivity index (χ0v) is 8.84. The molecule has 2 heterocycles. The van der Waals surface area contributed by atoms with Crippen LogP contribution in [0.25, 0.3) is 0 Å². The Balaban J connectivity index is 2.34. The predicted octanol–water partition coefficient (Wildman–Crippen LogP) is 0.0152. The third kappa shape index (κ3) is 2.21. The van der Waals surface area contributed by atoms with E-state index in [0.717, 1.165) is 17.0 Å². The summed E-state index contributed by atoms with van der Waals surface area (Å²) in [5.74, 6) is -2.13. The van der Waals surface area contributed by atoms with Gasteiger partial charge in [0, 0.05) is 0 Å². The van der Waals surface area contributed by atoms with E-state index in [1.54, 1.807) is 4.98 Å². The Kier molecular flexibility index (Phi) is 2.84. The Bertz CT molecular complexity index is 712. The number of carbonyl (C=O) groups is 1. The van der Waals surface area contributed by atoms with Crippen molar-refractivity contribution in [2.75, 3.05) is 0 Å². The molecule has 0 amide bonds. The summed E-state index contributed by atoms with van der Waals surface area (Å²) in [6.07, 6.45) is 1.73. The molecule has 2 N–H and O–H groups in total. The molecule has 2 rings (SSSR count). The van der Waals surface area contributed by atoms with Gasteiger partial charge in [-0.05, 0) is 6.07 Å². The molecule has 0 aromatic carbocycles. The molecule has 0 saturated heterocycles. The SMILES string of the molecule is O=C(O)c1coc(Cn2cc(F)c(=O)[nH]c2=O)c1. The minimum absolute atomic E-state index is 0.0806. The predicted molar refractivity (Wildman–Crippen MR) is 56.1 cm³/mol. The second kappa shape index (κ2) is 4.32. The van der Waals surface area contributed by atoms with Crippen LogP contribution in [0.4, 0.5) is 4.39 Å². The van der Waals surface area contributed by atoms with E-state index in [-0.39, 0.29) is 17.9 Å². The minimum atomic E-state index is -1.18. The lowest BCUT2D eigenvalue weighted by molar-refractivity contribution is 0.0696. The number of nitrogens with one attached hydrogen (secondary N) is 1. The third-order valence-electron chi connectivity index (χ3n) is 2.19. The number of halogens is 1. The molecule has 0 fully saturated rings. The highest BCUT2D eigenvalue weighted by Gasteiger charge is 2.10. The van der Waals surface area contributed by atoms with Crippen LogP contribution in [0.3, 0.4) is 0 Å². The Labute approximate surface area is 98.1 Å². The number of H-pyrrole nitrogens is 1. The Morgan fingerprint density at radius 2 is 2.22 bits per heavy atom. The number of furan rings is 1. The highest BCUT2D eigenvalue weighted by molar-refractivity contribution is 5.87. The zero-order valence-electron chi connectivity index (χ0n) is 8.84. The summed E-state index contributed by atoms with van der Waals surface area (Å²) < 4.78 is 18.7. The molecule has 0 spiro atoms. The van der Waals surface area contributed by atoms with Crippen molar-refractivity contribution < 1.29 is 18.7 Å². The molecule has 0 unspecified atom stereocenters. The first-order valence-corrected chi connectivity index (χ1v) is 4.77. The van der Waals surface area contributed by atoms with Gasteiger partial charge in [-0.25, -0.2) is 9.59 Å². The number of aromatic nitrogens is 2. The lowest BCUT2D eigenvalue weighted by atomic mass is 10.3. The van der Waals surface area contributed by atoms with Gasteiger partial charge in [0.05, 0.1) is 18.3 Å². The van der Waals surface area contributed by atoms with Crippen LogP contribution in [0.1, 0.15) is 16.1 Å². The molecule has 0 aliphatic heterocycles. The molecule has 0 atom stereocenters. The van der Waals surface area contributed by atoms with Gasteiger partial charge in [-0.3, -0.25) is 14.3 Å². The number of aromatic carboxylic acids is 1. The van der Waals surface area contributed by atoms with E-state index < -0.39 is 23.0 Å². The number of hydrogen-bond acceptors (Lipinski definition) is 4. The van der Waals surface area contributed by atoms with E-state index in [4.69, 9.17) is 9.52 Å². The summed E-state index contributed by atoms with van der Waals surface area (Å²) in [4.78, 5) is 34.5. The largest absolute Gasteiger partial charge is 0.478 e. The Morgan fingerprint density at radius 1 is 1.50 bits per heavy atom. The van der Waals surface area contributed by atoms with E-state index in [0.29, 0.717) is 0 Å². The van der Waals surface area contributed by atoms with Crippen molar-refractivity contribution in [1.29, 1.82) is 0 Å². The maximum Gasteiger partial charge on any atom is 0.338 e. The number of rotatable bonds is 3. The van der Waals surface area contributed by atoms with Gasteiger partial charge < -0.3 is 9.52 Å². The first-order valence-electron chi connectivity index (χ1n) is 4.77. The van der Waals surface area contributed by atoms with Gasteiger partial charge in [0.25, 0.3) is 5.56 Å². The average molecular weight is 254 g/mol. The van der Waals surface area contributed by atoms with Gasteiger partial charge in [-0.1, -0.05) is 0 Å². The molecular formula is C10H7FN2O5. The maximum atomic E-state index is 13.0. The second-order valence-corrected chi connectivity index (χ2v) is 3.47. The Hall–Kier alpha value is -2.64. The second-order valence-electron chi connectivity index (χ2n) is 3.47. The first-order chi connectivity index (χ1) is 8.47. The lowest BCUT2D eigenvalue weighted by Crippen LogP contribution is -2.31. The molecule has 7 nitrogen and oxygen atoms in total. The summed E-state index contributed by atoms with van der Waals surface area (Å²) in [6.45, 7) is -0.181. The van der Waals surface area contributed by atoms with Crippen LogP contribution in [-0.2, 0) is 6.54 Å². The van der Waals surface area contributed by atoms with Gasteiger partial charge in [-0.2, -0.15) is 4.39 Å². The van der Waals surface area contributed by atoms with Crippen LogP contribution in [0, 0.1) is 5.82 Å². The zero-order chi connectivity index (χ0) is 13.3. The monoisotopic (exact) mass is 254 g/mol. The van der Waals surface area contributed by atoms with Gasteiger partial charge in [0.15, 0.2) is 0 Å². The van der Waals surface area contributed by atoms with Gasteiger partial charge in [0.2, 0.25) is 5.82 Å². The van der Waals surface area contributed by atoms with E-state index in [1.807, 2.05) is 0 Å². The summed E-state index contributed by atoms with van der Waals surface area (Å²) >= 11 is 0. The fraction of sp³-hybridized carbons (Fsp3) is 0.100. The quantitative estimate of drug-likeness (QED) is 0.802. The highest BCUT2D eigenvalue weighted by Crippen LogP contribution is 2.08. The van der Waals surface area contributed by atoms with Gasteiger partial charge in [0.1, 0.15) is 12.0 Å². The fourth-order valence-corrected chi connectivity index (χ4v) is 1.34. The minimum Gasteiger partial charge on any atom is -0.478 e. The lowest BCUT2D eigenvalue weighted by Gasteiger charge is -2.01. The molecule has 0 radical (unpaired) electrons. The number of carboxylic acids is 1. The van der Waals surface area contributed by atoms with Crippen LogP contribution in [-0.4, -0.2) is 20.6 Å². The number of carboxylic acid groups (broad SMARTS) is 1. The molecule has 0 aliphatic carbocycles. The molecular weight excluding hydrogens is 247 g/mol. The molecule has 0 saturated carbocycles. The molecule has 8 heteroatoms. The van der Waals surface area contributed by atoms with Crippen molar-refractivity contribution >= 4 is 5.97 Å². The number of hydrogen-bond donors (Lipinski definition) is 2. The smallest absolute Gasteiger partial charge is 0.338 e. The Morgan fingerprint density at radius 3 is 2.83 bits per heavy atom. The fourth-order valence-electron chi connectivity index (χ4n) is 1.34. The van der Waals surface area contributed by atoms with Crippen molar-refractivity contribution in [3.63, 3.8) is 0 Å². The van der Waals surface area contributed by atoms with Crippen molar-refractivity contribution in [2.24, 2.45) is 0 Å². The molecule has 94 valence electrons. The molecule has 2 aromatic rings. The van der Waals surface area contributed by atoms with Crippen LogP contribution in [0.5, 0.6) is 0 Å². The van der Waals surface area contributed by atoms with Crippen LogP contribution in [0.2, 0.25) is 0 Å². The summed E-state index contributed by atoms with van der Waals surface area (Å²) in [5.41, 5.74) is -2.00. The van der Waals surface area contributed by atoms with Gasteiger partial charge in [-0.15, -0.1) is 0 Å². The van der Waals surface area contributed by atoms with E-state index in [1.165, 1.54) is 6.07 Å². The topological polar surface area (TPSA) is 105 Å². The van der Waals surface area contributed by atoms with E-state index in [2.05, 4.69) is 0 Å². The molecule has 2 aromatic heterocycles. The molecule has 0 aliphatic rings. The summed E-state index contributed by atoms with van der Waals surface area (Å²) in [5, 5.41) is 8.66. The van der Waals surface area contributed by atoms with Crippen LogP contribution in [0.15, 0.2) is 32.5 Å². The molecule has 0 bridgehead atoms. The first kappa shape index (κ1) is 11.8. The maximum absolute atomic E-state index is 13.0. The summed E-state index contributed by atoms with van der Waals surface area (Å²) in [6, 6.07) is 1.21. The van der Waals surface area contributed by atoms with Gasteiger partial charge >= 0.3 is 11.7 Å².